The molecule has 5 heteroatoms. The van der Waals surface area contributed by atoms with Crippen LogP contribution in [0.15, 0.2) is 42.5 Å². The number of nitrogens with one attached hydrogen (secondary N) is 1. The van der Waals surface area contributed by atoms with Gasteiger partial charge in [0.25, 0.3) is 5.69 Å². The number of hydrogen-bond acceptors (Lipinski definition) is 3. The molecule has 0 saturated carbocycles. The molecule has 2 aromatic carbocycles. The third kappa shape index (κ3) is 3.45. The number of anilines is 1. The first kappa shape index (κ1) is 13.4. The normalized spacial score (nSPS) is 10.2. The molecule has 0 amide bonds. The van der Waals surface area contributed by atoms with Gasteiger partial charge in [0.2, 0.25) is 0 Å². The highest BCUT2D eigenvalue weighted by Crippen LogP contribution is 2.23. The van der Waals surface area contributed by atoms with Crippen LogP contribution in [0.3, 0.4) is 0 Å². The molecule has 0 bridgehead atoms. The quantitative estimate of drug-likeness (QED) is 0.673. The molecular formula is C14H13ClN2O2. The highest BCUT2D eigenvalue weighted by Gasteiger charge is 2.09. The minimum Gasteiger partial charge on any atom is -0.381 e. The molecule has 0 unspecified atom stereocenters. The number of nitro benzene ring substituents is 1. The molecule has 0 aliphatic carbocycles. The number of benzene rings is 2. The Morgan fingerprint density at radius 1 is 1.21 bits per heavy atom. The molecule has 0 aromatic heterocycles. The third-order valence-corrected chi connectivity index (χ3v) is 3.14. The molecule has 0 aliphatic rings. The molecule has 0 radical (unpaired) electrons. The van der Waals surface area contributed by atoms with Crippen molar-refractivity contribution < 1.29 is 4.92 Å². The van der Waals surface area contributed by atoms with Gasteiger partial charge in [-0.05, 0) is 30.7 Å². The summed E-state index contributed by atoms with van der Waals surface area (Å²) in [4.78, 5) is 10.3. The topological polar surface area (TPSA) is 55.2 Å². The number of nitro groups is 1. The molecule has 0 heterocycles. The van der Waals surface area contributed by atoms with Gasteiger partial charge < -0.3 is 5.32 Å². The van der Waals surface area contributed by atoms with Crippen molar-refractivity contribution in [3.05, 3.63) is 68.7 Å². The Labute approximate surface area is 116 Å². The lowest BCUT2D eigenvalue weighted by Gasteiger charge is -2.08. The lowest BCUT2D eigenvalue weighted by Crippen LogP contribution is -2.01. The Hall–Kier alpha value is -2.07. The Morgan fingerprint density at radius 2 is 1.89 bits per heavy atom. The fraction of sp³-hybridized carbons (Fsp3) is 0.143. The molecule has 2 aromatic rings. The highest BCUT2D eigenvalue weighted by molar-refractivity contribution is 6.31. The van der Waals surface area contributed by atoms with E-state index < -0.39 is 4.92 Å². The van der Waals surface area contributed by atoms with Crippen molar-refractivity contribution in [2.75, 3.05) is 5.32 Å². The number of non-ortho nitro benzene ring substituents is 1. The molecular weight excluding hydrogens is 264 g/mol. The summed E-state index contributed by atoms with van der Waals surface area (Å²) in [5.74, 6) is 0. The van der Waals surface area contributed by atoms with Crippen LogP contribution >= 0.6 is 11.6 Å². The molecule has 0 atom stereocenters. The van der Waals surface area contributed by atoms with Crippen molar-refractivity contribution >= 4 is 23.0 Å². The first-order chi connectivity index (χ1) is 9.06. The van der Waals surface area contributed by atoms with E-state index in [9.17, 15) is 10.1 Å². The molecule has 0 saturated heterocycles. The van der Waals surface area contributed by atoms with E-state index in [1.807, 2.05) is 31.2 Å². The minimum atomic E-state index is -0.425. The van der Waals surface area contributed by atoms with E-state index >= 15 is 0 Å². The van der Waals surface area contributed by atoms with Crippen LogP contribution in [0.5, 0.6) is 0 Å². The van der Waals surface area contributed by atoms with Crippen LogP contribution in [0, 0.1) is 17.0 Å². The van der Waals surface area contributed by atoms with E-state index in [2.05, 4.69) is 5.32 Å². The van der Waals surface area contributed by atoms with E-state index in [0.717, 1.165) is 5.69 Å². The maximum Gasteiger partial charge on any atom is 0.269 e. The Bertz CT molecular complexity index is 597. The molecule has 1 N–H and O–H groups in total. The number of rotatable bonds is 4. The van der Waals surface area contributed by atoms with Crippen LogP contribution in [0.4, 0.5) is 11.4 Å². The predicted octanol–water partition coefficient (Wildman–Crippen LogP) is 4.17. The maximum absolute atomic E-state index is 10.7. The fourth-order valence-corrected chi connectivity index (χ4v) is 1.86. The van der Waals surface area contributed by atoms with E-state index in [1.165, 1.54) is 17.7 Å². The summed E-state index contributed by atoms with van der Waals surface area (Å²) in [6.45, 7) is 2.46. The van der Waals surface area contributed by atoms with Gasteiger partial charge in [0, 0.05) is 29.4 Å². The van der Waals surface area contributed by atoms with Crippen LogP contribution in [0.2, 0.25) is 5.02 Å². The summed E-state index contributed by atoms with van der Waals surface area (Å²) in [5.41, 5.74) is 2.88. The van der Waals surface area contributed by atoms with Gasteiger partial charge in [-0.15, -0.1) is 0 Å². The molecule has 2 rings (SSSR count). The van der Waals surface area contributed by atoms with Crippen LogP contribution in [0.1, 0.15) is 11.1 Å². The zero-order valence-electron chi connectivity index (χ0n) is 10.4. The summed E-state index contributed by atoms with van der Waals surface area (Å²) in [5, 5.41) is 14.4. The predicted molar refractivity (Wildman–Crippen MR) is 76.6 cm³/mol. The second-order valence-corrected chi connectivity index (χ2v) is 4.66. The van der Waals surface area contributed by atoms with Crippen LogP contribution in [-0.4, -0.2) is 4.92 Å². The SMILES string of the molecule is Cc1ccc(NCc2cc([N+](=O)[O-])ccc2Cl)cc1. The minimum absolute atomic E-state index is 0.0464. The third-order valence-electron chi connectivity index (χ3n) is 2.77. The molecule has 0 spiro atoms. The zero-order valence-corrected chi connectivity index (χ0v) is 11.1. The van der Waals surface area contributed by atoms with Gasteiger partial charge in [0.15, 0.2) is 0 Å². The fourth-order valence-electron chi connectivity index (χ4n) is 1.68. The Balaban J connectivity index is 2.12. The van der Waals surface area contributed by atoms with Gasteiger partial charge in [0.1, 0.15) is 0 Å². The largest absolute Gasteiger partial charge is 0.381 e. The second-order valence-electron chi connectivity index (χ2n) is 4.25. The number of halogens is 1. The molecule has 0 aliphatic heterocycles. The van der Waals surface area contributed by atoms with Crippen LogP contribution in [0.25, 0.3) is 0 Å². The number of hydrogen-bond donors (Lipinski definition) is 1. The van der Waals surface area contributed by atoms with Crippen molar-refractivity contribution in [2.24, 2.45) is 0 Å². The van der Waals surface area contributed by atoms with Crippen LogP contribution < -0.4 is 5.32 Å². The first-order valence-electron chi connectivity index (χ1n) is 5.79. The smallest absolute Gasteiger partial charge is 0.269 e. The van der Waals surface area contributed by atoms with Gasteiger partial charge in [-0.1, -0.05) is 29.3 Å². The maximum atomic E-state index is 10.7. The van der Waals surface area contributed by atoms with E-state index in [-0.39, 0.29) is 5.69 Å². The summed E-state index contributed by atoms with van der Waals surface area (Å²) < 4.78 is 0. The van der Waals surface area contributed by atoms with Crippen molar-refractivity contribution in [1.82, 2.24) is 0 Å². The molecule has 4 nitrogen and oxygen atoms in total. The van der Waals surface area contributed by atoms with Gasteiger partial charge in [-0.3, -0.25) is 10.1 Å². The van der Waals surface area contributed by atoms with Crippen molar-refractivity contribution in [3.63, 3.8) is 0 Å². The van der Waals surface area contributed by atoms with Gasteiger partial charge in [0.05, 0.1) is 4.92 Å². The molecule has 19 heavy (non-hydrogen) atoms. The van der Waals surface area contributed by atoms with Crippen molar-refractivity contribution in [2.45, 2.75) is 13.5 Å². The monoisotopic (exact) mass is 276 g/mol. The standard InChI is InChI=1S/C14H13ClN2O2/c1-10-2-4-12(5-3-10)16-9-11-8-13(17(18)19)6-7-14(11)15/h2-8,16H,9H2,1H3. The first-order valence-corrected chi connectivity index (χ1v) is 6.17. The van der Waals surface area contributed by atoms with E-state index in [0.29, 0.717) is 17.1 Å². The summed E-state index contributed by atoms with van der Waals surface area (Å²) >= 11 is 6.03. The lowest BCUT2D eigenvalue weighted by atomic mass is 10.2. The lowest BCUT2D eigenvalue weighted by molar-refractivity contribution is -0.384. The van der Waals surface area contributed by atoms with Crippen molar-refractivity contribution in [1.29, 1.82) is 0 Å². The van der Waals surface area contributed by atoms with Gasteiger partial charge in [-0.25, -0.2) is 0 Å². The van der Waals surface area contributed by atoms with Gasteiger partial charge >= 0.3 is 0 Å². The van der Waals surface area contributed by atoms with Crippen LogP contribution in [-0.2, 0) is 6.54 Å². The highest BCUT2D eigenvalue weighted by atomic mass is 35.5. The average molecular weight is 277 g/mol. The van der Waals surface area contributed by atoms with Gasteiger partial charge in [-0.2, -0.15) is 0 Å². The second kappa shape index (κ2) is 5.71. The van der Waals surface area contributed by atoms with E-state index in [4.69, 9.17) is 11.6 Å². The Kier molecular flexibility index (Phi) is 4.02. The van der Waals surface area contributed by atoms with E-state index in [1.54, 1.807) is 6.07 Å². The number of aryl methyl sites for hydroxylation is 1. The summed E-state index contributed by atoms with van der Waals surface area (Å²) in [6, 6.07) is 12.4. The zero-order chi connectivity index (χ0) is 13.8. The summed E-state index contributed by atoms with van der Waals surface area (Å²) in [7, 11) is 0. The van der Waals surface area contributed by atoms with Crippen molar-refractivity contribution in [3.8, 4) is 0 Å². The Morgan fingerprint density at radius 3 is 2.53 bits per heavy atom. The number of nitrogens with zero attached hydrogens (tertiary/aromatic N) is 1. The molecule has 0 fully saturated rings. The molecule has 98 valence electrons. The average Bonchev–Trinajstić information content (AvgIpc) is 2.39. The summed E-state index contributed by atoms with van der Waals surface area (Å²) in [6.07, 6.45) is 0.